The van der Waals surface area contributed by atoms with Gasteiger partial charge in [0.15, 0.2) is 5.16 Å². The molecule has 2 aliphatic heterocycles. The number of carbonyl (C=O) groups excluding carboxylic acids is 1. The Morgan fingerprint density at radius 1 is 1.06 bits per heavy atom. The van der Waals surface area contributed by atoms with E-state index in [1.807, 2.05) is 19.1 Å². The van der Waals surface area contributed by atoms with E-state index >= 15 is 0 Å². The number of aromatic nitrogens is 3. The van der Waals surface area contributed by atoms with Gasteiger partial charge in [0.05, 0.1) is 18.5 Å². The minimum absolute atomic E-state index is 0.0165. The first-order valence-electron chi connectivity index (χ1n) is 11.3. The van der Waals surface area contributed by atoms with Crippen molar-refractivity contribution in [2.24, 2.45) is 0 Å². The highest BCUT2D eigenvalue weighted by Crippen LogP contribution is 2.42. The molecular weight excluding hydrogens is 412 g/mol. The van der Waals surface area contributed by atoms with E-state index in [-0.39, 0.29) is 11.2 Å². The average molecular weight is 443 g/mol. The molecule has 3 heterocycles. The SMILES string of the molecule is CC(Sc1nnc(N2CCCC2)n1C1CC1)C(=O)Nc1ccc(N2CCOCC2)cc1. The Hall–Kier alpha value is -2.26. The van der Waals surface area contributed by atoms with E-state index < -0.39 is 0 Å². The minimum Gasteiger partial charge on any atom is -0.378 e. The van der Waals surface area contributed by atoms with Crippen LogP contribution in [-0.4, -0.2) is 65.3 Å². The van der Waals surface area contributed by atoms with Crippen LogP contribution in [-0.2, 0) is 9.53 Å². The lowest BCUT2D eigenvalue weighted by molar-refractivity contribution is -0.115. The van der Waals surface area contributed by atoms with Crippen molar-refractivity contribution in [2.45, 2.75) is 49.1 Å². The molecule has 1 saturated carbocycles. The quantitative estimate of drug-likeness (QED) is 0.660. The molecule has 1 amide bonds. The summed E-state index contributed by atoms with van der Waals surface area (Å²) in [4.78, 5) is 17.5. The van der Waals surface area contributed by atoms with Gasteiger partial charge in [0.2, 0.25) is 11.9 Å². The molecule has 166 valence electrons. The average Bonchev–Trinajstić information content (AvgIpc) is 3.32. The van der Waals surface area contributed by atoms with E-state index in [4.69, 9.17) is 4.74 Å². The number of anilines is 3. The van der Waals surface area contributed by atoms with Gasteiger partial charge in [-0.1, -0.05) is 11.8 Å². The number of rotatable bonds is 7. The predicted molar refractivity (Wildman–Crippen MR) is 123 cm³/mol. The molecule has 2 saturated heterocycles. The molecule has 9 heteroatoms. The van der Waals surface area contributed by atoms with Crippen LogP contribution in [0.5, 0.6) is 0 Å². The highest BCUT2D eigenvalue weighted by atomic mass is 32.2. The van der Waals surface area contributed by atoms with E-state index in [1.54, 1.807) is 0 Å². The van der Waals surface area contributed by atoms with Crippen LogP contribution in [0.25, 0.3) is 0 Å². The van der Waals surface area contributed by atoms with E-state index in [0.717, 1.165) is 61.9 Å². The number of amides is 1. The number of hydrogen-bond donors (Lipinski definition) is 1. The molecule has 8 nitrogen and oxygen atoms in total. The lowest BCUT2D eigenvalue weighted by atomic mass is 10.2. The molecule has 3 aliphatic rings. The summed E-state index contributed by atoms with van der Waals surface area (Å²) in [6, 6.07) is 8.54. The smallest absolute Gasteiger partial charge is 0.237 e. The fourth-order valence-electron chi connectivity index (χ4n) is 4.17. The summed E-state index contributed by atoms with van der Waals surface area (Å²) in [5, 5.41) is 12.6. The molecule has 0 radical (unpaired) electrons. The molecule has 5 rings (SSSR count). The van der Waals surface area contributed by atoms with E-state index in [1.165, 1.54) is 37.4 Å². The molecule has 1 aromatic heterocycles. The zero-order valence-electron chi connectivity index (χ0n) is 18.0. The summed E-state index contributed by atoms with van der Waals surface area (Å²) >= 11 is 1.50. The third kappa shape index (κ3) is 4.67. The van der Waals surface area contributed by atoms with Crippen LogP contribution in [0, 0.1) is 0 Å². The van der Waals surface area contributed by atoms with Crippen LogP contribution in [0.4, 0.5) is 17.3 Å². The molecule has 31 heavy (non-hydrogen) atoms. The largest absolute Gasteiger partial charge is 0.378 e. The molecule has 1 N–H and O–H groups in total. The van der Waals surface area contributed by atoms with Crippen LogP contribution in [0.15, 0.2) is 29.4 Å². The predicted octanol–water partition coefficient (Wildman–Crippen LogP) is 3.17. The maximum Gasteiger partial charge on any atom is 0.237 e. The normalized spacial score (nSPS) is 20.2. The second-order valence-electron chi connectivity index (χ2n) is 8.47. The lowest BCUT2D eigenvalue weighted by Crippen LogP contribution is -2.36. The molecule has 0 bridgehead atoms. The Balaban J connectivity index is 1.22. The van der Waals surface area contributed by atoms with Crippen LogP contribution in [0.1, 0.15) is 38.6 Å². The van der Waals surface area contributed by atoms with Gasteiger partial charge in [0.1, 0.15) is 0 Å². The van der Waals surface area contributed by atoms with Crippen molar-refractivity contribution in [2.75, 3.05) is 54.5 Å². The lowest BCUT2D eigenvalue weighted by Gasteiger charge is -2.28. The Kier molecular flexibility index (Phi) is 6.04. The maximum atomic E-state index is 12.8. The summed E-state index contributed by atoms with van der Waals surface area (Å²) < 4.78 is 7.68. The summed E-state index contributed by atoms with van der Waals surface area (Å²) in [5.74, 6) is 0.964. The van der Waals surface area contributed by atoms with Crippen molar-refractivity contribution in [3.63, 3.8) is 0 Å². The van der Waals surface area contributed by atoms with Crippen LogP contribution >= 0.6 is 11.8 Å². The standard InChI is InChI=1S/C22H30N6O2S/c1-16(20(29)23-17-4-6-18(7-5-17)26-12-14-30-15-13-26)31-22-25-24-21(27-10-2-3-11-27)28(22)19-8-9-19/h4-7,16,19H,2-3,8-15H2,1H3,(H,23,29). The monoisotopic (exact) mass is 442 g/mol. The number of hydrogen-bond acceptors (Lipinski definition) is 7. The third-order valence-corrected chi connectivity index (χ3v) is 7.17. The number of nitrogens with one attached hydrogen (secondary N) is 1. The summed E-state index contributed by atoms with van der Waals surface area (Å²) in [5.41, 5.74) is 1.98. The van der Waals surface area contributed by atoms with Crippen LogP contribution in [0.2, 0.25) is 0 Å². The first-order chi connectivity index (χ1) is 15.2. The van der Waals surface area contributed by atoms with Gasteiger partial charge < -0.3 is 19.9 Å². The second kappa shape index (κ2) is 9.08. The number of carbonyl (C=O) groups is 1. The first-order valence-corrected chi connectivity index (χ1v) is 12.2. The van der Waals surface area contributed by atoms with Gasteiger partial charge >= 0.3 is 0 Å². The van der Waals surface area contributed by atoms with Gasteiger partial charge in [-0.3, -0.25) is 9.36 Å². The maximum absolute atomic E-state index is 12.8. The zero-order chi connectivity index (χ0) is 21.2. The zero-order valence-corrected chi connectivity index (χ0v) is 18.8. The van der Waals surface area contributed by atoms with Crippen LogP contribution in [0.3, 0.4) is 0 Å². The number of ether oxygens (including phenoxy) is 1. The van der Waals surface area contributed by atoms with Gasteiger partial charge in [-0.15, -0.1) is 10.2 Å². The van der Waals surface area contributed by atoms with Crippen molar-refractivity contribution in [1.82, 2.24) is 14.8 Å². The van der Waals surface area contributed by atoms with Gasteiger partial charge in [-0.2, -0.15) is 0 Å². The van der Waals surface area contributed by atoms with Gasteiger partial charge in [-0.05, 0) is 56.9 Å². The molecule has 1 aromatic carbocycles. The topological polar surface area (TPSA) is 75.5 Å². The fourth-order valence-corrected chi connectivity index (χ4v) is 5.08. The molecule has 3 fully saturated rings. The third-order valence-electron chi connectivity index (χ3n) is 6.11. The first kappa shape index (κ1) is 20.6. The molecule has 1 atom stereocenters. The van der Waals surface area contributed by atoms with E-state index in [9.17, 15) is 4.79 Å². The second-order valence-corrected chi connectivity index (χ2v) is 9.78. The fraction of sp³-hybridized carbons (Fsp3) is 0.591. The number of nitrogens with zero attached hydrogens (tertiary/aromatic N) is 5. The van der Waals surface area contributed by atoms with Crippen LogP contribution < -0.4 is 15.1 Å². The van der Waals surface area contributed by atoms with Gasteiger partial charge in [0.25, 0.3) is 0 Å². The Morgan fingerprint density at radius 3 is 2.45 bits per heavy atom. The number of thioether (sulfide) groups is 1. The summed E-state index contributed by atoms with van der Waals surface area (Å²) in [6.07, 6.45) is 4.76. The van der Waals surface area contributed by atoms with Crippen molar-refractivity contribution in [3.05, 3.63) is 24.3 Å². The molecule has 2 aromatic rings. The Morgan fingerprint density at radius 2 is 1.77 bits per heavy atom. The summed E-state index contributed by atoms with van der Waals surface area (Å²) in [7, 11) is 0. The molecule has 0 spiro atoms. The van der Waals surface area contributed by atoms with Crippen molar-refractivity contribution in [1.29, 1.82) is 0 Å². The number of morpholine rings is 1. The van der Waals surface area contributed by atoms with Crippen molar-refractivity contribution < 1.29 is 9.53 Å². The molecule has 1 unspecified atom stereocenters. The molecular formula is C22H30N6O2S. The van der Waals surface area contributed by atoms with E-state index in [2.05, 4.69) is 42.0 Å². The van der Waals surface area contributed by atoms with Gasteiger partial charge in [-0.25, -0.2) is 0 Å². The Bertz CT molecular complexity index is 901. The number of benzene rings is 1. The van der Waals surface area contributed by atoms with Gasteiger partial charge in [0, 0.05) is 43.6 Å². The summed E-state index contributed by atoms with van der Waals surface area (Å²) in [6.45, 7) is 7.36. The van der Waals surface area contributed by atoms with E-state index in [0.29, 0.717) is 6.04 Å². The minimum atomic E-state index is -0.257. The molecule has 1 aliphatic carbocycles. The van der Waals surface area contributed by atoms with Crippen molar-refractivity contribution >= 4 is 35.0 Å². The highest BCUT2D eigenvalue weighted by molar-refractivity contribution is 8.00. The van der Waals surface area contributed by atoms with Crippen molar-refractivity contribution in [3.8, 4) is 0 Å². The highest BCUT2D eigenvalue weighted by Gasteiger charge is 2.33. The Labute approximate surface area is 187 Å².